The van der Waals surface area contributed by atoms with Crippen LogP contribution in [0, 0.1) is 29.6 Å². The smallest absolute Gasteiger partial charge is 0.245 e. The average Bonchev–Trinajstić information content (AvgIpc) is 3.88. The van der Waals surface area contributed by atoms with Crippen LogP contribution in [0.3, 0.4) is 0 Å². The van der Waals surface area contributed by atoms with Crippen molar-refractivity contribution in [1.29, 1.82) is 0 Å². The molecule has 0 spiro atoms. The Kier molecular flexibility index (Phi) is 19.1. The molecule has 1 heterocycles. The number of likely N-dealkylation sites (N-methyl/N-ethyl adjacent to an activating group) is 2. The highest BCUT2D eigenvalue weighted by atomic mass is 35.5. The third-order valence-corrected chi connectivity index (χ3v) is 12.8. The third kappa shape index (κ3) is 14.1. The molecule has 3 aliphatic rings. The molecular weight excluding hydrogens is 826 g/mol. The van der Waals surface area contributed by atoms with Gasteiger partial charge < -0.3 is 41.1 Å². The number of carbonyl (C=O) groups excluding carboxylic acids is 7. The summed E-state index contributed by atoms with van der Waals surface area (Å²) in [5.74, 6) is -0.151. The van der Waals surface area contributed by atoms with Gasteiger partial charge in [-0.25, -0.2) is 0 Å². The molecule has 0 unspecified atom stereocenters. The molecule has 0 bridgehead atoms. The summed E-state index contributed by atoms with van der Waals surface area (Å²) in [6.07, 6.45) is 13.6. The van der Waals surface area contributed by atoms with Crippen LogP contribution in [0.5, 0.6) is 5.75 Å². The highest BCUT2D eigenvalue weighted by Gasteiger charge is 2.49. The Morgan fingerprint density at radius 3 is 2.25 bits per heavy atom. The fourth-order valence-electron chi connectivity index (χ4n) is 8.38. The second-order valence-corrected chi connectivity index (χ2v) is 18.5. The fourth-order valence-corrected chi connectivity index (χ4v) is 8.57. The van der Waals surface area contributed by atoms with Gasteiger partial charge in [0.25, 0.3) is 0 Å². The highest BCUT2D eigenvalue weighted by molar-refractivity contribution is 6.30. The Balaban J connectivity index is 1.62. The average molecular weight is 897 g/mol. The molecule has 2 saturated carbocycles. The number of rotatable bonds is 16. The van der Waals surface area contributed by atoms with Crippen LogP contribution in [-0.4, -0.2) is 115 Å². The number of halogens is 1. The second-order valence-electron chi connectivity index (χ2n) is 18.1. The van der Waals surface area contributed by atoms with Crippen LogP contribution in [-0.2, 0) is 40.0 Å². The Bertz CT molecular complexity index is 1840. The molecule has 1 aliphatic heterocycles. The van der Waals surface area contributed by atoms with E-state index in [1.807, 2.05) is 20.8 Å². The maximum absolute atomic E-state index is 14.7. The number of nitrogens with one attached hydrogen (secondary N) is 5. The standard InChI is InChI=1S/C47H70ClN7O8/c1-9-16-35-40(56)49-24-15-14-19-37(54(7)44(60)30(6)50-41(57)34(10-2)53-46(62)47(11-3)22-23-47)42(58)52-36(25-29(4)5)45(61)55(8)38(43(59)51-35)27-32-26-33(48)20-21-39(32)63-28-31-17-12-13-18-31/h3,20-21,26,29-31,34-38H,9-10,12-19,22-25,27-28H2,1-2,4-8H3,(H,49,56)(H,50,57)(H,51,59)(H,52,58)(H,53,62)/t30-,34-,35+,36-,37-,38-/m0/s1. The van der Waals surface area contributed by atoms with Gasteiger partial charge in [0, 0.05) is 32.1 Å². The summed E-state index contributed by atoms with van der Waals surface area (Å²) in [5, 5.41) is 14.6. The van der Waals surface area contributed by atoms with E-state index < -0.39 is 77.1 Å². The van der Waals surface area contributed by atoms with Crippen molar-refractivity contribution in [3.63, 3.8) is 0 Å². The van der Waals surface area contributed by atoms with Gasteiger partial charge in [0.1, 0.15) is 47.4 Å². The van der Waals surface area contributed by atoms with Gasteiger partial charge in [0.15, 0.2) is 0 Å². The maximum Gasteiger partial charge on any atom is 0.245 e. The van der Waals surface area contributed by atoms with Crippen LogP contribution in [0.1, 0.15) is 124 Å². The lowest BCUT2D eigenvalue weighted by atomic mass is 9.98. The van der Waals surface area contributed by atoms with E-state index in [0.717, 1.165) is 25.7 Å². The summed E-state index contributed by atoms with van der Waals surface area (Å²) in [4.78, 5) is 99.9. The van der Waals surface area contributed by atoms with E-state index in [4.69, 9.17) is 22.8 Å². The summed E-state index contributed by atoms with van der Waals surface area (Å²) in [7, 11) is 2.98. The first-order valence-electron chi connectivity index (χ1n) is 22.9. The topological polar surface area (TPSA) is 195 Å². The first kappa shape index (κ1) is 50.8. The van der Waals surface area contributed by atoms with E-state index in [9.17, 15) is 33.6 Å². The monoisotopic (exact) mass is 895 g/mol. The van der Waals surface area contributed by atoms with Gasteiger partial charge >= 0.3 is 0 Å². The van der Waals surface area contributed by atoms with Crippen molar-refractivity contribution in [2.75, 3.05) is 27.2 Å². The second kappa shape index (κ2) is 23.7. The largest absolute Gasteiger partial charge is 0.493 e. The summed E-state index contributed by atoms with van der Waals surface area (Å²) < 4.78 is 6.32. The first-order valence-corrected chi connectivity index (χ1v) is 23.2. The summed E-state index contributed by atoms with van der Waals surface area (Å²) in [5.41, 5.74) is -0.295. The number of carbonyl (C=O) groups is 7. The zero-order chi connectivity index (χ0) is 46.4. The molecule has 6 atom stereocenters. The van der Waals surface area contributed by atoms with Crippen LogP contribution in [0.15, 0.2) is 18.2 Å². The van der Waals surface area contributed by atoms with Crippen molar-refractivity contribution in [2.24, 2.45) is 17.3 Å². The van der Waals surface area contributed by atoms with Crippen molar-refractivity contribution < 1.29 is 38.3 Å². The van der Waals surface area contributed by atoms with Gasteiger partial charge in [-0.05, 0) is 107 Å². The molecule has 7 amide bonds. The molecule has 348 valence electrons. The van der Waals surface area contributed by atoms with E-state index in [-0.39, 0.29) is 44.1 Å². The molecule has 2 aliphatic carbocycles. The van der Waals surface area contributed by atoms with Gasteiger partial charge in [-0.2, -0.15) is 0 Å². The lowest BCUT2D eigenvalue weighted by Gasteiger charge is -2.35. The SMILES string of the molecule is C#CC1(C(=O)N[C@@H](CC)C(=O)N[C@@H](C)C(=O)N(C)[C@H]2CCCCNC(=O)[C@@H](CCC)NC(=O)[C@H](Cc3cc(Cl)ccc3OCC3CCCC3)N(C)C(=O)[C@H](CC(C)C)NC2=O)CC1. The molecule has 16 heteroatoms. The Morgan fingerprint density at radius 1 is 0.968 bits per heavy atom. The molecule has 1 aromatic carbocycles. The quantitative estimate of drug-likeness (QED) is 0.154. The van der Waals surface area contributed by atoms with E-state index in [0.29, 0.717) is 67.4 Å². The molecule has 3 fully saturated rings. The Hall–Kier alpha value is -4.84. The minimum atomic E-state index is -1.14. The number of benzene rings is 1. The molecule has 0 aromatic heterocycles. The normalized spacial score (nSPS) is 23.4. The van der Waals surface area contributed by atoms with Crippen LogP contribution in [0.25, 0.3) is 0 Å². The number of hydrogen-bond acceptors (Lipinski definition) is 8. The van der Waals surface area contributed by atoms with E-state index >= 15 is 0 Å². The number of terminal acetylenes is 1. The zero-order valence-electron chi connectivity index (χ0n) is 38.3. The number of hydrogen-bond donors (Lipinski definition) is 5. The number of amides is 7. The van der Waals surface area contributed by atoms with Crippen molar-refractivity contribution in [1.82, 2.24) is 36.4 Å². The maximum atomic E-state index is 14.7. The van der Waals surface area contributed by atoms with Crippen LogP contribution < -0.4 is 31.3 Å². The van der Waals surface area contributed by atoms with Gasteiger partial charge in [0.05, 0.1) is 6.61 Å². The van der Waals surface area contributed by atoms with Crippen LogP contribution in [0.4, 0.5) is 0 Å². The molecule has 1 saturated heterocycles. The summed E-state index contributed by atoms with van der Waals surface area (Å²) >= 11 is 6.51. The molecule has 1 aromatic rings. The van der Waals surface area contributed by atoms with Crippen LogP contribution in [0.2, 0.25) is 5.02 Å². The van der Waals surface area contributed by atoms with Gasteiger partial charge in [-0.15, -0.1) is 6.42 Å². The first-order chi connectivity index (χ1) is 29.9. The van der Waals surface area contributed by atoms with Crippen molar-refractivity contribution in [3.8, 4) is 18.1 Å². The van der Waals surface area contributed by atoms with Crippen molar-refractivity contribution in [2.45, 2.75) is 161 Å². The van der Waals surface area contributed by atoms with Crippen molar-refractivity contribution in [3.05, 3.63) is 28.8 Å². The van der Waals surface area contributed by atoms with Gasteiger partial charge in [-0.1, -0.05) is 64.5 Å². The predicted octanol–water partition coefficient (Wildman–Crippen LogP) is 4.03. The lowest BCUT2D eigenvalue weighted by molar-refractivity contribution is -0.145. The van der Waals surface area contributed by atoms with Crippen molar-refractivity contribution >= 4 is 53.0 Å². The molecule has 4 rings (SSSR count). The zero-order valence-corrected chi connectivity index (χ0v) is 39.0. The van der Waals surface area contributed by atoms with E-state index in [1.54, 1.807) is 25.1 Å². The van der Waals surface area contributed by atoms with E-state index in [1.165, 1.54) is 30.8 Å². The Morgan fingerprint density at radius 2 is 1.63 bits per heavy atom. The minimum absolute atomic E-state index is 0.00820. The third-order valence-electron chi connectivity index (χ3n) is 12.6. The molecular formula is C47H70ClN7O8. The lowest BCUT2D eigenvalue weighted by Crippen LogP contribution is -2.60. The van der Waals surface area contributed by atoms with Gasteiger partial charge in [-0.3, -0.25) is 33.6 Å². The van der Waals surface area contributed by atoms with Gasteiger partial charge in [0.2, 0.25) is 41.4 Å². The van der Waals surface area contributed by atoms with E-state index in [2.05, 4.69) is 32.5 Å². The fraction of sp³-hybridized carbons (Fsp3) is 0.681. The molecule has 0 radical (unpaired) electrons. The molecule has 63 heavy (non-hydrogen) atoms. The van der Waals surface area contributed by atoms with Crippen LogP contribution >= 0.6 is 11.6 Å². The molecule has 15 nitrogen and oxygen atoms in total. The highest BCUT2D eigenvalue weighted by Crippen LogP contribution is 2.45. The summed E-state index contributed by atoms with van der Waals surface area (Å²) in [6, 6.07) is -0.972. The number of ether oxygens (including phenoxy) is 1. The number of nitrogens with zero attached hydrogens (tertiary/aromatic N) is 2. The Labute approximate surface area is 378 Å². The molecule has 5 N–H and O–H groups in total. The summed E-state index contributed by atoms with van der Waals surface area (Å²) in [6.45, 7) is 9.74. The minimum Gasteiger partial charge on any atom is -0.493 e. The predicted molar refractivity (Wildman–Crippen MR) is 241 cm³/mol.